The van der Waals surface area contributed by atoms with Gasteiger partial charge in [-0.3, -0.25) is 4.90 Å². The highest BCUT2D eigenvalue weighted by atomic mass is 35.5. The van der Waals surface area contributed by atoms with Gasteiger partial charge >= 0.3 is 0 Å². The smallest absolute Gasteiger partial charge is 0.238 e. The summed E-state index contributed by atoms with van der Waals surface area (Å²) in [5.41, 5.74) is 2.96. The van der Waals surface area contributed by atoms with E-state index in [0.29, 0.717) is 22.0 Å². The second-order valence-corrected chi connectivity index (χ2v) is 11.1. The van der Waals surface area contributed by atoms with Crippen LogP contribution in [0, 0.1) is 0 Å². The molecule has 0 bridgehead atoms. The molecule has 32 heavy (non-hydrogen) atoms. The second kappa shape index (κ2) is 8.55. The Kier molecular flexibility index (Phi) is 6.10. The molecule has 1 fully saturated rings. The van der Waals surface area contributed by atoms with Crippen LogP contribution in [0.2, 0.25) is 5.02 Å². The molecule has 4 rings (SSSR count). The topological polar surface area (TPSA) is 118 Å². The van der Waals surface area contributed by atoms with Crippen LogP contribution in [0.4, 0.5) is 0 Å². The molecular weight excluding hydrogens is 448 g/mol. The molecule has 0 aliphatic carbocycles. The highest BCUT2D eigenvalue weighted by Gasteiger charge is 2.30. The molecule has 0 spiro atoms. The van der Waals surface area contributed by atoms with Crippen LogP contribution in [0.5, 0.6) is 0 Å². The second-order valence-electron chi connectivity index (χ2n) is 9.16. The molecule has 0 atom stereocenters. The summed E-state index contributed by atoms with van der Waals surface area (Å²) in [6.45, 7) is 8.43. The van der Waals surface area contributed by atoms with E-state index >= 15 is 0 Å². The maximum Gasteiger partial charge on any atom is 0.238 e. The number of nitrogens with zero attached hydrogens (tertiary/aromatic N) is 4. The van der Waals surface area contributed by atoms with Gasteiger partial charge in [0, 0.05) is 16.1 Å². The van der Waals surface area contributed by atoms with E-state index in [2.05, 4.69) is 46.3 Å². The van der Waals surface area contributed by atoms with Gasteiger partial charge in [-0.05, 0) is 92.7 Å². The number of nitrogens with two attached hydrogens (primary N) is 1. The molecular formula is C22H27ClN6O2S. The van der Waals surface area contributed by atoms with Crippen LogP contribution in [0.15, 0.2) is 41.3 Å². The number of likely N-dealkylation sites (tertiary alicyclic amines) is 1. The van der Waals surface area contributed by atoms with Gasteiger partial charge in [-0.15, -0.1) is 10.2 Å². The number of sulfonamides is 1. The van der Waals surface area contributed by atoms with Crippen molar-refractivity contribution in [1.82, 2.24) is 25.5 Å². The predicted molar refractivity (Wildman–Crippen MR) is 125 cm³/mol. The van der Waals surface area contributed by atoms with Gasteiger partial charge in [-0.25, -0.2) is 13.6 Å². The molecule has 8 nitrogen and oxygen atoms in total. The predicted octanol–water partition coefficient (Wildman–Crippen LogP) is 3.81. The third-order valence-corrected chi connectivity index (χ3v) is 7.28. The van der Waals surface area contributed by atoms with Crippen LogP contribution in [-0.4, -0.2) is 52.6 Å². The van der Waals surface area contributed by atoms with Crippen molar-refractivity contribution in [3.8, 4) is 22.5 Å². The van der Waals surface area contributed by atoms with Gasteiger partial charge < -0.3 is 0 Å². The van der Waals surface area contributed by atoms with Crippen LogP contribution < -0.4 is 5.14 Å². The number of aromatic nitrogens is 4. The van der Waals surface area contributed by atoms with E-state index in [-0.39, 0.29) is 16.4 Å². The van der Waals surface area contributed by atoms with E-state index in [1.54, 1.807) is 18.2 Å². The largest absolute Gasteiger partial charge is 0.298 e. The maximum absolute atomic E-state index is 12.6. The summed E-state index contributed by atoms with van der Waals surface area (Å²) in [5.74, 6) is 0.510. The fourth-order valence-corrected chi connectivity index (χ4v) is 5.40. The van der Waals surface area contributed by atoms with E-state index < -0.39 is 10.0 Å². The van der Waals surface area contributed by atoms with Gasteiger partial charge in [-0.2, -0.15) is 5.21 Å². The Labute approximate surface area is 193 Å². The van der Waals surface area contributed by atoms with Crippen LogP contribution in [0.3, 0.4) is 0 Å². The molecule has 1 aliphatic heterocycles. The summed E-state index contributed by atoms with van der Waals surface area (Å²) in [4.78, 5) is 2.59. The Balaban J connectivity index is 1.75. The summed E-state index contributed by atoms with van der Waals surface area (Å²) in [6, 6.07) is 10.8. The van der Waals surface area contributed by atoms with Crippen molar-refractivity contribution in [2.24, 2.45) is 5.14 Å². The minimum atomic E-state index is -3.92. The number of nitrogens with one attached hydrogen (secondary N) is 1. The zero-order valence-electron chi connectivity index (χ0n) is 18.3. The quantitative estimate of drug-likeness (QED) is 0.593. The Morgan fingerprint density at radius 3 is 2.41 bits per heavy atom. The first-order valence-corrected chi connectivity index (χ1v) is 12.4. The van der Waals surface area contributed by atoms with E-state index in [1.165, 1.54) is 0 Å². The van der Waals surface area contributed by atoms with E-state index in [1.807, 2.05) is 18.2 Å². The van der Waals surface area contributed by atoms with E-state index in [0.717, 1.165) is 37.1 Å². The first-order chi connectivity index (χ1) is 15.0. The zero-order valence-corrected chi connectivity index (χ0v) is 19.9. The van der Waals surface area contributed by atoms with Crippen molar-refractivity contribution in [2.45, 2.75) is 50.0 Å². The standard InChI is InChI=1S/C22H27ClN6O2S/c1-22(2,3)29-10-8-14(9-11-29)18-6-4-15(12-20(18)32(24,30)31)17-7-5-16(23)13-19(17)21-25-27-28-26-21/h4-7,12-14H,8-11H2,1-3H3,(H2,24,30,31)(H,25,26,27,28). The Morgan fingerprint density at radius 2 is 1.81 bits per heavy atom. The molecule has 3 N–H and O–H groups in total. The van der Waals surface area contributed by atoms with Crippen LogP contribution in [0.25, 0.3) is 22.5 Å². The third kappa shape index (κ3) is 4.71. The summed E-state index contributed by atoms with van der Waals surface area (Å²) < 4.78 is 25.2. The number of halogens is 1. The molecule has 3 aromatic rings. The number of H-pyrrole nitrogens is 1. The van der Waals surface area contributed by atoms with Crippen LogP contribution >= 0.6 is 11.6 Å². The minimum absolute atomic E-state index is 0.0950. The summed E-state index contributed by atoms with van der Waals surface area (Å²) >= 11 is 6.19. The fourth-order valence-electron chi connectivity index (χ4n) is 4.38. The monoisotopic (exact) mass is 474 g/mol. The van der Waals surface area contributed by atoms with Gasteiger partial charge in [0.05, 0.1) is 4.90 Å². The lowest BCUT2D eigenvalue weighted by molar-refractivity contribution is 0.102. The van der Waals surface area contributed by atoms with Gasteiger partial charge in [0.2, 0.25) is 15.8 Å². The molecule has 1 aliphatic rings. The molecule has 1 aromatic heterocycles. The van der Waals surface area contributed by atoms with Crippen molar-refractivity contribution >= 4 is 21.6 Å². The van der Waals surface area contributed by atoms with Gasteiger partial charge in [0.25, 0.3) is 0 Å². The van der Waals surface area contributed by atoms with Gasteiger partial charge in [0.1, 0.15) is 0 Å². The number of rotatable bonds is 4. The number of piperidine rings is 1. The first-order valence-electron chi connectivity index (χ1n) is 10.5. The lowest BCUT2D eigenvalue weighted by Gasteiger charge is -2.41. The minimum Gasteiger partial charge on any atom is -0.298 e. The molecule has 0 unspecified atom stereocenters. The number of benzene rings is 2. The normalized spacial score (nSPS) is 16.4. The lowest BCUT2D eigenvalue weighted by Crippen LogP contribution is -2.45. The van der Waals surface area contributed by atoms with Crippen LogP contribution in [-0.2, 0) is 10.0 Å². The molecule has 10 heteroatoms. The summed E-state index contributed by atoms with van der Waals surface area (Å²) in [7, 11) is -3.92. The number of primary sulfonamides is 1. The van der Waals surface area contributed by atoms with Crippen molar-refractivity contribution in [1.29, 1.82) is 0 Å². The number of hydrogen-bond donors (Lipinski definition) is 2. The lowest BCUT2D eigenvalue weighted by atomic mass is 9.86. The molecule has 0 amide bonds. The first kappa shape index (κ1) is 22.8. The molecule has 2 heterocycles. The number of hydrogen-bond acceptors (Lipinski definition) is 6. The van der Waals surface area contributed by atoms with Gasteiger partial charge in [0.15, 0.2) is 0 Å². The molecule has 1 saturated heterocycles. The van der Waals surface area contributed by atoms with E-state index in [4.69, 9.17) is 16.7 Å². The van der Waals surface area contributed by atoms with E-state index in [9.17, 15) is 8.42 Å². The molecule has 2 aromatic carbocycles. The maximum atomic E-state index is 12.6. The Hall–Kier alpha value is -2.33. The Bertz CT molecular complexity index is 1210. The van der Waals surface area contributed by atoms with Crippen molar-refractivity contribution in [3.05, 3.63) is 47.0 Å². The highest BCUT2D eigenvalue weighted by Crippen LogP contribution is 2.38. The number of tetrazole rings is 1. The number of aromatic amines is 1. The highest BCUT2D eigenvalue weighted by molar-refractivity contribution is 7.89. The summed E-state index contributed by atoms with van der Waals surface area (Å²) in [5, 5.41) is 20.3. The summed E-state index contributed by atoms with van der Waals surface area (Å²) in [6.07, 6.45) is 1.77. The van der Waals surface area contributed by atoms with Gasteiger partial charge in [-0.1, -0.05) is 29.8 Å². The van der Waals surface area contributed by atoms with Crippen molar-refractivity contribution in [2.75, 3.05) is 13.1 Å². The average Bonchev–Trinajstić information content (AvgIpc) is 3.27. The average molecular weight is 475 g/mol. The molecule has 170 valence electrons. The SMILES string of the molecule is CC(C)(C)N1CCC(c2ccc(-c3ccc(Cl)cc3-c3nn[nH]n3)cc2S(N)(=O)=O)CC1. The molecule has 0 radical (unpaired) electrons. The third-order valence-electron chi connectivity index (χ3n) is 6.08. The molecule has 0 saturated carbocycles. The zero-order chi connectivity index (χ0) is 23.1. The fraction of sp³-hybridized carbons (Fsp3) is 0.409. The van der Waals surface area contributed by atoms with Crippen molar-refractivity contribution in [3.63, 3.8) is 0 Å². The van der Waals surface area contributed by atoms with Crippen LogP contribution in [0.1, 0.15) is 45.1 Å². The van der Waals surface area contributed by atoms with Crippen molar-refractivity contribution < 1.29 is 8.42 Å². The Morgan fingerprint density at radius 1 is 1.09 bits per heavy atom.